The van der Waals surface area contributed by atoms with E-state index in [1.807, 2.05) is 13.8 Å². The predicted molar refractivity (Wildman–Crippen MR) is 77.3 cm³/mol. The summed E-state index contributed by atoms with van der Waals surface area (Å²) in [5.41, 5.74) is 13.7. The van der Waals surface area contributed by atoms with E-state index in [1.54, 1.807) is 0 Å². The van der Waals surface area contributed by atoms with Gasteiger partial charge in [-0.05, 0) is 32.4 Å². The van der Waals surface area contributed by atoms with E-state index in [0.29, 0.717) is 28.5 Å². The second kappa shape index (κ2) is 5.50. The molecule has 2 heterocycles. The Balaban J connectivity index is 2.37. The van der Waals surface area contributed by atoms with Gasteiger partial charge in [0.1, 0.15) is 9.71 Å². The molecule has 0 fully saturated rings. The first kappa shape index (κ1) is 13.7. The number of thiophene rings is 1. The summed E-state index contributed by atoms with van der Waals surface area (Å²) >= 11 is 1.27. The fourth-order valence-corrected chi connectivity index (χ4v) is 2.81. The quantitative estimate of drug-likeness (QED) is 0.723. The number of nitrogens with one attached hydrogen (secondary N) is 1. The Hall–Kier alpha value is -1.73. The molecular weight excluding hydrogens is 262 g/mol. The van der Waals surface area contributed by atoms with Gasteiger partial charge in [0.25, 0.3) is 5.91 Å². The fraction of sp³-hybridized carbons (Fsp3) is 0.417. The maximum atomic E-state index is 12.0. The van der Waals surface area contributed by atoms with Gasteiger partial charge in [-0.3, -0.25) is 4.79 Å². The molecule has 102 valence electrons. The minimum absolute atomic E-state index is 0.175. The van der Waals surface area contributed by atoms with Gasteiger partial charge in [-0.2, -0.15) is 5.10 Å². The highest BCUT2D eigenvalue weighted by Gasteiger charge is 2.19. The zero-order valence-corrected chi connectivity index (χ0v) is 11.8. The lowest BCUT2D eigenvalue weighted by Crippen LogP contribution is -2.25. The summed E-state index contributed by atoms with van der Waals surface area (Å²) in [5.74, 6) is -0.175. The zero-order chi connectivity index (χ0) is 14.0. The van der Waals surface area contributed by atoms with Crippen LogP contribution >= 0.6 is 11.3 Å². The van der Waals surface area contributed by atoms with Crippen LogP contribution < -0.4 is 16.8 Å². The Morgan fingerprint density at radius 1 is 1.37 bits per heavy atom. The van der Waals surface area contributed by atoms with E-state index in [-0.39, 0.29) is 5.91 Å². The number of fused-ring (bicyclic) bond motifs is 1. The van der Waals surface area contributed by atoms with E-state index in [0.717, 1.165) is 23.1 Å². The summed E-state index contributed by atoms with van der Waals surface area (Å²) < 4.78 is 0. The van der Waals surface area contributed by atoms with Gasteiger partial charge in [-0.25, -0.2) is 0 Å². The van der Waals surface area contributed by atoms with E-state index >= 15 is 0 Å². The molecular formula is C12H17N5OS. The van der Waals surface area contributed by atoms with Crippen molar-refractivity contribution in [3.63, 3.8) is 0 Å². The van der Waals surface area contributed by atoms with Crippen LogP contribution in [0.2, 0.25) is 0 Å². The van der Waals surface area contributed by atoms with Crippen molar-refractivity contribution in [3.05, 3.63) is 16.1 Å². The van der Waals surface area contributed by atoms with Crippen molar-refractivity contribution < 1.29 is 4.79 Å². The molecule has 2 aromatic rings. The minimum atomic E-state index is -0.175. The number of aromatic nitrogens is 2. The number of anilines is 1. The maximum Gasteiger partial charge on any atom is 0.263 e. The molecule has 2 rings (SSSR count). The standard InChI is InChI=1S/C12H17N5OS/c1-6-7(2)16-17-12-8(6)9(14)10(19-12)11(18)15-5-3-4-13/h3-5,13-14H2,1-2H3,(H,15,18). The zero-order valence-electron chi connectivity index (χ0n) is 11.0. The largest absolute Gasteiger partial charge is 0.397 e. The van der Waals surface area contributed by atoms with Crippen molar-refractivity contribution in [2.24, 2.45) is 5.73 Å². The lowest BCUT2D eigenvalue weighted by atomic mass is 10.1. The SMILES string of the molecule is Cc1nnc2sc(C(=O)NCCCN)c(N)c2c1C. The van der Waals surface area contributed by atoms with Gasteiger partial charge in [0, 0.05) is 11.9 Å². The summed E-state index contributed by atoms with van der Waals surface area (Å²) in [6.07, 6.45) is 0.745. The van der Waals surface area contributed by atoms with Crippen LogP contribution in [-0.4, -0.2) is 29.2 Å². The van der Waals surface area contributed by atoms with Gasteiger partial charge in [-0.1, -0.05) is 0 Å². The van der Waals surface area contributed by atoms with Gasteiger partial charge in [-0.15, -0.1) is 16.4 Å². The highest BCUT2D eigenvalue weighted by atomic mass is 32.1. The summed E-state index contributed by atoms with van der Waals surface area (Å²) in [6.45, 7) is 4.91. The topological polar surface area (TPSA) is 107 Å². The molecule has 0 saturated heterocycles. The summed E-state index contributed by atoms with van der Waals surface area (Å²) in [6, 6.07) is 0. The Morgan fingerprint density at radius 3 is 2.79 bits per heavy atom. The number of nitrogen functional groups attached to an aromatic ring is 1. The molecule has 5 N–H and O–H groups in total. The number of carbonyl (C=O) groups is 1. The monoisotopic (exact) mass is 279 g/mol. The maximum absolute atomic E-state index is 12.0. The lowest BCUT2D eigenvalue weighted by molar-refractivity contribution is 0.0958. The summed E-state index contributed by atoms with van der Waals surface area (Å²) in [5, 5.41) is 11.8. The molecule has 0 aromatic carbocycles. The first-order valence-electron chi connectivity index (χ1n) is 6.06. The molecule has 0 aliphatic rings. The fourth-order valence-electron chi connectivity index (χ4n) is 1.79. The number of rotatable bonds is 4. The first-order chi connectivity index (χ1) is 9.06. The van der Waals surface area contributed by atoms with E-state index in [1.165, 1.54) is 11.3 Å². The Bertz CT molecular complexity index is 622. The molecule has 0 saturated carbocycles. The van der Waals surface area contributed by atoms with Crippen LogP contribution in [0.5, 0.6) is 0 Å². The van der Waals surface area contributed by atoms with Crippen LogP contribution in [0.3, 0.4) is 0 Å². The number of nitrogens with zero attached hydrogens (tertiary/aromatic N) is 2. The van der Waals surface area contributed by atoms with Gasteiger partial charge in [0.15, 0.2) is 0 Å². The third-order valence-corrected chi connectivity index (χ3v) is 4.10. The van der Waals surface area contributed by atoms with Crippen LogP contribution in [0.25, 0.3) is 10.2 Å². The van der Waals surface area contributed by atoms with Crippen molar-refractivity contribution in [3.8, 4) is 0 Å². The number of hydrogen-bond acceptors (Lipinski definition) is 6. The first-order valence-corrected chi connectivity index (χ1v) is 6.88. The Labute approximate surface area is 115 Å². The van der Waals surface area contributed by atoms with Crippen molar-refractivity contribution in [2.45, 2.75) is 20.3 Å². The molecule has 2 aromatic heterocycles. The third-order valence-electron chi connectivity index (χ3n) is 3.01. The van der Waals surface area contributed by atoms with E-state index < -0.39 is 0 Å². The van der Waals surface area contributed by atoms with Crippen LogP contribution in [0, 0.1) is 13.8 Å². The lowest BCUT2D eigenvalue weighted by Gasteiger charge is -2.03. The van der Waals surface area contributed by atoms with E-state index in [9.17, 15) is 4.79 Å². The number of hydrogen-bond donors (Lipinski definition) is 3. The van der Waals surface area contributed by atoms with Crippen LogP contribution in [0.15, 0.2) is 0 Å². The van der Waals surface area contributed by atoms with Crippen LogP contribution in [-0.2, 0) is 0 Å². The number of aryl methyl sites for hydroxylation is 2. The molecule has 0 aliphatic heterocycles. The van der Waals surface area contributed by atoms with Crippen molar-refractivity contribution in [2.75, 3.05) is 18.8 Å². The second-order valence-corrected chi connectivity index (χ2v) is 5.33. The van der Waals surface area contributed by atoms with Crippen LogP contribution in [0.1, 0.15) is 27.3 Å². The average molecular weight is 279 g/mol. The van der Waals surface area contributed by atoms with Gasteiger partial charge < -0.3 is 16.8 Å². The number of nitrogens with two attached hydrogens (primary N) is 2. The van der Waals surface area contributed by atoms with Crippen LogP contribution in [0.4, 0.5) is 5.69 Å². The third kappa shape index (κ3) is 2.52. The van der Waals surface area contributed by atoms with Crippen molar-refractivity contribution in [1.29, 1.82) is 0 Å². The molecule has 6 nitrogen and oxygen atoms in total. The predicted octanol–water partition coefficient (Wildman–Crippen LogP) is 0.969. The number of amides is 1. The molecule has 0 unspecified atom stereocenters. The normalized spacial score (nSPS) is 10.9. The van der Waals surface area contributed by atoms with E-state index in [4.69, 9.17) is 11.5 Å². The molecule has 1 amide bonds. The highest BCUT2D eigenvalue weighted by Crippen LogP contribution is 2.34. The van der Waals surface area contributed by atoms with Crippen molar-refractivity contribution >= 4 is 33.1 Å². The highest BCUT2D eigenvalue weighted by molar-refractivity contribution is 7.21. The summed E-state index contributed by atoms with van der Waals surface area (Å²) in [7, 11) is 0. The van der Waals surface area contributed by atoms with Crippen molar-refractivity contribution in [1.82, 2.24) is 15.5 Å². The molecule has 0 aliphatic carbocycles. The summed E-state index contributed by atoms with van der Waals surface area (Å²) in [4.78, 5) is 13.2. The Kier molecular flexibility index (Phi) is 3.96. The smallest absolute Gasteiger partial charge is 0.263 e. The average Bonchev–Trinajstić information content (AvgIpc) is 2.72. The van der Waals surface area contributed by atoms with Gasteiger partial charge in [0.05, 0.1) is 11.4 Å². The Morgan fingerprint density at radius 2 is 2.11 bits per heavy atom. The minimum Gasteiger partial charge on any atom is -0.397 e. The van der Waals surface area contributed by atoms with Gasteiger partial charge in [0.2, 0.25) is 0 Å². The second-order valence-electron chi connectivity index (χ2n) is 4.33. The van der Waals surface area contributed by atoms with E-state index in [2.05, 4.69) is 15.5 Å². The molecule has 19 heavy (non-hydrogen) atoms. The number of carbonyl (C=O) groups excluding carboxylic acids is 1. The molecule has 0 bridgehead atoms. The molecule has 0 radical (unpaired) electrons. The molecule has 0 atom stereocenters. The van der Waals surface area contributed by atoms with Gasteiger partial charge >= 0.3 is 0 Å². The molecule has 7 heteroatoms. The molecule has 0 spiro atoms.